The van der Waals surface area contributed by atoms with E-state index in [9.17, 15) is 9.59 Å². The first-order chi connectivity index (χ1) is 10.1. The lowest BCUT2D eigenvalue weighted by Crippen LogP contribution is -2.42. The predicted octanol–water partition coefficient (Wildman–Crippen LogP) is 4.58. The van der Waals surface area contributed by atoms with Crippen molar-refractivity contribution >= 4 is 20.1 Å². The molecule has 136 valence electrons. The summed E-state index contributed by atoms with van der Waals surface area (Å²) in [6, 6.07) is 0. The van der Waals surface area contributed by atoms with Gasteiger partial charge in [0.25, 0.3) is 0 Å². The van der Waals surface area contributed by atoms with Gasteiger partial charge in [0.15, 0.2) is 8.32 Å². The summed E-state index contributed by atoms with van der Waals surface area (Å²) in [5, 5.41) is 0.134. The van der Waals surface area contributed by atoms with E-state index < -0.39 is 25.7 Å². The fourth-order valence-corrected chi connectivity index (χ4v) is 2.97. The quantitative estimate of drug-likeness (QED) is 0.385. The number of hydrogen-bond donors (Lipinski definition) is 0. The molecule has 0 amide bonds. The highest BCUT2D eigenvalue weighted by Gasteiger charge is 2.38. The van der Waals surface area contributed by atoms with Crippen molar-refractivity contribution in [3.05, 3.63) is 0 Å². The summed E-state index contributed by atoms with van der Waals surface area (Å²) in [5.74, 6) is -1.44. The second kappa shape index (κ2) is 7.93. The van der Waals surface area contributed by atoms with Crippen LogP contribution in [-0.4, -0.2) is 32.3 Å². The summed E-state index contributed by atoms with van der Waals surface area (Å²) in [7, 11) is -1.83. The first-order valence-electron chi connectivity index (χ1n) is 8.49. The van der Waals surface area contributed by atoms with Crippen molar-refractivity contribution in [3.63, 3.8) is 0 Å². The van der Waals surface area contributed by atoms with E-state index in [2.05, 4.69) is 33.9 Å². The molecular formula is C18H36O4Si. The Morgan fingerprint density at radius 2 is 1.48 bits per heavy atom. The zero-order valence-corrected chi connectivity index (χ0v) is 17.7. The minimum atomic E-state index is -1.83. The maximum Gasteiger partial charge on any atom is 0.375 e. The van der Waals surface area contributed by atoms with Crippen molar-refractivity contribution in [2.45, 2.75) is 85.5 Å². The van der Waals surface area contributed by atoms with Gasteiger partial charge in [-0.25, -0.2) is 4.79 Å². The van der Waals surface area contributed by atoms with Crippen LogP contribution in [0, 0.1) is 11.8 Å². The van der Waals surface area contributed by atoms with Crippen molar-refractivity contribution in [3.8, 4) is 0 Å². The molecule has 0 radical (unpaired) electrons. The van der Waals surface area contributed by atoms with Crippen LogP contribution in [0.25, 0.3) is 0 Å². The van der Waals surface area contributed by atoms with Crippen LogP contribution in [0.1, 0.15) is 61.8 Å². The van der Waals surface area contributed by atoms with E-state index in [1.165, 1.54) is 0 Å². The molecular weight excluding hydrogens is 308 g/mol. The molecule has 0 rings (SSSR count). The van der Waals surface area contributed by atoms with Crippen LogP contribution in [0.4, 0.5) is 0 Å². The number of ketones is 1. The molecule has 23 heavy (non-hydrogen) atoms. The number of carbonyl (C=O) groups excluding carboxylic acids is 2. The van der Waals surface area contributed by atoms with E-state index in [4.69, 9.17) is 9.16 Å². The molecule has 0 aromatic heterocycles. The standard InChI is InChI=1S/C18H36O4Si/c1-13(2)14(15(19)16(20)22-17(3,4)5)11-12-21-23(9,10)18(6,7)8/h13-14H,11-12H2,1-10H3/t14-/m0/s1. The molecule has 1 atom stereocenters. The molecule has 0 spiro atoms. The van der Waals surface area contributed by atoms with E-state index in [1.54, 1.807) is 20.8 Å². The number of esters is 1. The van der Waals surface area contributed by atoms with Gasteiger partial charge in [0, 0.05) is 12.5 Å². The topological polar surface area (TPSA) is 52.6 Å². The van der Waals surface area contributed by atoms with Crippen molar-refractivity contribution in [1.82, 2.24) is 0 Å². The Bertz CT molecular complexity index is 414. The van der Waals surface area contributed by atoms with Crippen molar-refractivity contribution in [2.24, 2.45) is 11.8 Å². The maximum absolute atomic E-state index is 12.4. The fourth-order valence-electron chi connectivity index (χ4n) is 1.90. The van der Waals surface area contributed by atoms with Crippen LogP contribution in [0.15, 0.2) is 0 Å². The lowest BCUT2D eigenvalue weighted by molar-refractivity contribution is -0.164. The number of hydrogen-bond acceptors (Lipinski definition) is 4. The normalized spacial score (nSPS) is 14.7. The molecule has 0 heterocycles. The number of carbonyl (C=O) groups is 2. The summed E-state index contributed by atoms with van der Waals surface area (Å²) in [6.07, 6.45) is 0.558. The smallest absolute Gasteiger partial charge is 0.375 e. The monoisotopic (exact) mass is 344 g/mol. The van der Waals surface area contributed by atoms with Crippen molar-refractivity contribution in [2.75, 3.05) is 6.61 Å². The molecule has 0 aliphatic heterocycles. The molecule has 5 heteroatoms. The summed E-state index contributed by atoms with van der Waals surface area (Å²) in [4.78, 5) is 24.4. The lowest BCUT2D eigenvalue weighted by atomic mass is 9.88. The Kier molecular flexibility index (Phi) is 7.69. The van der Waals surface area contributed by atoms with Crippen LogP contribution in [0.2, 0.25) is 18.1 Å². The second-order valence-electron chi connectivity index (χ2n) is 9.11. The Balaban J connectivity index is 4.78. The molecule has 0 aromatic carbocycles. The van der Waals surface area contributed by atoms with Crippen LogP contribution in [0.5, 0.6) is 0 Å². The van der Waals surface area contributed by atoms with Gasteiger partial charge in [0.05, 0.1) is 0 Å². The van der Waals surface area contributed by atoms with Crippen LogP contribution in [-0.2, 0) is 18.8 Å². The van der Waals surface area contributed by atoms with Gasteiger partial charge in [-0.1, -0.05) is 34.6 Å². The Morgan fingerprint density at radius 3 is 1.83 bits per heavy atom. The molecule has 0 saturated carbocycles. The summed E-state index contributed by atoms with van der Waals surface area (Å²) >= 11 is 0. The molecule has 0 aliphatic rings. The van der Waals surface area contributed by atoms with Crippen LogP contribution >= 0.6 is 0 Å². The van der Waals surface area contributed by atoms with Gasteiger partial charge in [-0.3, -0.25) is 4.79 Å². The van der Waals surface area contributed by atoms with Gasteiger partial charge in [0.2, 0.25) is 5.78 Å². The van der Waals surface area contributed by atoms with Crippen LogP contribution in [0.3, 0.4) is 0 Å². The van der Waals surface area contributed by atoms with Crippen molar-refractivity contribution < 1.29 is 18.8 Å². The second-order valence-corrected chi connectivity index (χ2v) is 13.9. The zero-order valence-electron chi connectivity index (χ0n) is 16.7. The molecule has 0 unspecified atom stereocenters. The van der Waals surface area contributed by atoms with Gasteiger partial charge in [-0.05, 0) is 51.2 Å². The van der Waals surface area contributed by atoms with Gasteiger partial charge >= 0.3 is 5.97 Å². The van der Waals surface area contributed by atoms with E-state index in [0.717, 1.165) is 0 Å². The Hall–Kier alpha value is -0.683. The maximum atomic E-state index is 12.4. The minimum absolute atomic E-state index is 0.0815. The van der Waals surface area contributed by atoms with Gasteiger partial charge in [-0.2, -0.15) is 0 Å². The van der Waals surface area contributed by atoms with E-state index >= 15 is 0 Å². The third kappa shape index (κ3) is 7.62. The first-order valence-corrected chi connectivity index (χ1v) is 11.4. The Morgan fingerprint density at radius 1 is 1.00 bits per heavy atom. The first kappa shape index (κ1) is 22.3. The molecule has 4 nitrogen and oxygen atoms in total. The number of rotatable bonds is 7. The number of Topliss-reactive ketones (excluding diaryl/α,β-unsaturated/α-hetero) is 1. The predicted molar refractivity (Wildman–Crippen MR) is 96.9 cm³/mol. The van der Waals surface area contributed by atoms with E-state index in [0.29, 0.717) is 13.0 Å². The highest BCUT2D eigenvalue weighted by atomic mass is 28.4. The van der Waals surface area contributed by atoms with E-state index in [1.807, 2.05) is 13.8 Å². The molecule has 0 aliphatic carbocycles. The molecule has 0 fully saturated rings. The largest absolute Gasteiger partial charge is 0.454 e. The summed E-state index contributed by atoms with van der Waals surface area (Å²) in [6.45, 7) is 20.7. The molecule has 0 aromatic rings. The SMILES string of the molecule is CC(C)[C@H](CCO[Si](C)(C)C(C)(C)C)C(=O)C(=O)OC(C)(C)C. The lowest BCUT2D eigenvalue weighted by Gasteiger charge is -2.36. The summed E-state index contributed by atoms with van der Waals surface area (Å²) in [5.41, 5.74) is -0.647. The van der Waals surface area contributed by atoms with Crippen LogP contribution < -0.4 is 0 Å². The molecule has 0 saturated heterocycles. The van der Waals surface area contributed by atoms with Gasteiger partial charge in [-0.15, -0.1) is 0 Å². The van der Waals surface area contributed by atoms with Gasteiger partial charge in [0.1, 0.15) is 5.60 Å². The number of ether oxygens (including phenoxy) is 1. The highest BCUT2D eigenvalue weighted by molar-refractivity contribution is 6.74. The Labute approximate surface area is 143 Å². The minimum Gasteiger partial charge on any atom is -0.454 e. The molecule has 0 bridgehead atoms. The summed E-state index contributed by atoms with van der Waals surface area (Å²) < 4.78 is 11.4. The average molecular weight is 345 g/mol. The van der Waals surface area contributed by atoms with E-state index in [-0.39, 0.29) is 16.9 Å². The average Bonchev–Trinajstić information content (AvgIpc) is 2.29. The highest BCUT2D eigenvalue weighted by Crippen LogP contribution is 2.36. The molecule has 0 N–H and O–H groups in total. The van der Waals surface area contributed by atoms with Gasteiger partial charge < -0.3 is 9.16 Å². The fraction of sp³-hybridized carbons (Fsp3) is 0.889. The third-order valence-electron chi connectivity index (χ3n) is 4.44. The zero-order chi connectivity index (χ0) is 18.6. The third-order valence-corrected chi connectivity index (χ3v) is 8.98. The van der Waals surface area contributed by atoms with Crippen molar-refractivity contribution in [1.29, 1.82) is 0 Å².